The normalized spacial score (nSPS) is 12.5. The fourth-order valence-corrected chi connectivity index (χ4v) is 2.98. The molecule has 2 nitrogen and oxygen atoms in total. The Balaban J connectivity index is 2.63. The van der Waals surface area contributed by atoms with Crippen molar-refractivity contribution in [2.45, 2.75) is 38.4 Å². The molecule has 0 aromatic heterocycles. The van der Waals surface area contributed by atoms with Crippen molar-refractivity contribution in [2.75, 3.05) is 6.54 Å². The number of carbonyl (C=O) groups is 1. The highest BCUT2D eigenvalue weighted by Crippen LogP contribution is 2.19. The molecule has 0 aliphatic rings. The number of alkyl halides is 1. The fraction of sp³-hybridized carbons (Fsp3) is 0.533. The second kappa shape index (κ2) is 7.63. The molecule has 0 saturated heterocycles. The highest BCUT2D eigenvalue weighted by molar-refractivity contribution is 9.09. The van der Waals surface area contributed by atoms with Gasteiger partial charge >= 0.3 is 0 Å². The van der Waals surface area contributed by atoms with E-state index in [2.05, 4.69) is 35.1 Å². The largest absolute Gasteiger partial charge is 0.351 e. The van der Waals surface area contributed by atoms with Gasteiger partial charge in [0.25, 0.3) is 5.91 Å². The molecule has 0 heterocycles. The van der Waals surface area contributed by atoms with Gasteiger partial charge in [-0.3, -0.25) is 4.79 Å². The molecule has 0 aliphatic carbocycles. The smallest absolute Gasteiger partial charge is 0.254 e. The highest BCUT2D eigenvalue weighted by atomic mass is 79.9. The molecule has 4 heteroatoms. The van der Waals surface area contributed by atoms with Gasteiger partial charge in [0.15, 0.2) is 0 Å². The summed E-state index contributed by atoms with van der Waals surface area (Å²) in [5.74, 6) is -0.270. The summed E-state index contributed by atoms with van der Waals surface area (Å²) < 4.78 is 13.8. The predicted octanol–water partition coefficient (Wildman–Crippen LogP) is 4.06. The van der Waals surface area contributed by atoms with Crippen molar-refractivity contribution in [2.24, 2.45) is 5.92 Å². The maximum Gasteiger partial charge on any atom is 0.254 e. The Morgan fingerprint density at radius 2 is 2.00 bits per heavy atom. The van der Waals surface area contributed by atoms with Crippen molar-refractivity contribution >= 4 is 21.8 Å². The first-order valence-electron chi connectivity index (χ1n) is 6.68. The lowest BCUT2D eigenvalue weighted by Gasteiger charge is -2.20. The van der Waals surface area contributed by atoms with E-state index < -0.39 is 5.82 Å². The molecule has 1 amide bonds. The number of hydrogen-bond acceptors (Lipinski definition) is 1. The van der Waals surface area contributed by atoms with Crippen LogP contribution in [0.5, 0.6) is 0 Å². The lowest BCUT2D eigenvalue weighted by molar-refractivity contribution is 0.0948. The van der Waals surface area contributed by atoms with Crippen LogP contribution >= 0.6 is 15.9 Å². The van der Waals surface area contributed by atoms with E-state index in [0.29, 0.717) is 18.0 Å². The minimum Gasteiger partial charge on any atom is -0.351 e. The van der Waals surface area contributed by atoms with Gasteiger partial charge in [-0.25, -0.2) is 4.39 Å². The van der Waals surface area contributed by atoms with Crippen molar-refractivity contribution in [3.63, 3.8) is 0 Å². The summed E-state index contributed by atoms with van der Waals surface area (Å²) in [6, 6.07) is 4.86. The molecule has 106 valence electrons. The van der Waals surface area contributed by atoms with Crippen molar-refractivity contribution < 1.29 is 9.18 Å². The number of carbonyl (C=O) groups excluding carboxylic acids is 1. The van der Waals surface area contributed by atoms with E-state index >= 15 is 0 Å². The molecule has 1 atom stereocenters. The summed E-state index contributed by atoms with van der Waals surface area (Å²) in [4.78, 5) is 12.2. The quantitative estimate of drug-likeness (QED) is 0.783. The van der Waals surface area contributed by atoms with Gasteiger partial charge in [-0.05, 0) is 24.5 Å². The van der Waals surface area contributed by atoms with Crippen LogP contribution < -0.4 is 5.32 Å². The Morgan fingerprint density at radius 1 is 1.37 bits per heavy atom. The van der Waals surface area contributed by atoms with Crippen molar-refractivity contribution in [1.29, 1.82) is 0 Å². The number of benzene rings is 1. The Bertz CT molecular complexity index is 432. The molecule has 0 bridgehead atoms. The van der Waals surface area contributed by atoms with Gasteiger partial charge in [0, 0.05) is 11.4 Å². The Morgan fingerprint density at radius 3 is 2.58 bits per heavy atom. The summed E-state index contributed by atoms with van der Waals surface area (Å²) in [6.45, 7) is 6.43. The van der Waals surface area contributed by atoms with Gasteiger partial charge in [-0.1, -0.05) is 54.8 Å². The van der Waals surface area contributed by atoms with Crippen molar-refractivity contribution in [3.8, 4) is 0 Å². The lowest BCUT2D eigenvalue weighted by atomic mass is 9.99. The van der Waals surface area contributed by atoms with Gasteiger partial charge in [-0.2, -0.15) is 0 Å². The van der Waals surface area contributed by atoms with Crippen LogP contribution in [0.15, 0.2) is 18.2 Å². The minimum atomic E-state index is -0.436. The van der Waals surface area contributed by atoms with E-state index in [1.54, 1.807) is 19.1 Å². The van der Waals surface area contributed by atoms with Crippen molar-refractivity contribution in [1.82, 2.24) is 5.32 Å². The summed E-state index contributed by atoms with van der Waals surface area (Å²) in [6.07, 6.45) is 2.11. The molecular weight excluding hydrogens is 309 g/mol. The SMILES string of the molecule is CCC(CC)C(Br)CNC(=O)c1cccc(C)c1F. The molecule has 1 aromatic carbocycles. The van der Waals surface area contributed by atoms with E-state index in [-0.39, 0.29) is 16.3 Å². The average Bonchev–Trinajstić information content (AvgIpc) is 2.40. The van der Waals surface area contributed by atoms with Crippen LogP contribution in [0.1, 0.15) is 42.6 Å². The second-order valence-electron chi connectivity index (χ2n) is 4.74. The monoisotopic (exact) mass is 329 g/mol. The summed E-state index contributed by atoms with van der Waals surface area (Å²) >= 11 is 3.59. The van der Waals surface area contributed by atoms with Gasteiger partial charge in [0.2, 0.25) is 0 Å². The zero-order chi connectivity index (χ0) is 14.4. The van der Waals surface area contributed by atoms with E-state index in [9.17, 15) is 9.18 Å². The zero-order valence-corrected chi connectivity index (χ0v) is 13.3. The van der Waals surface area contributed by atoms with Gasteiger partial charge < -0.3 is 5.32 Å². The summed E-state index contributed by atoms with van der Waals surface area (Å²) in [7, 11) is 0. The number of halogens is 2. The number of aryl methyl sites for hydroxylation is 1. The zero-order valence-electron chi connectivity index (χ0n) is 11.7. The van der Waals surface area contributed by atoms with Crippen LogP contribution in [-0.2, 0) is 0 Å². The summed E-state index contributed by atoms with van der Waals surface area (Å²) in [5, 5.41) is 2.79. The molecule has 0 radical (unpaired) electrons. The number of nitrogens with one attached hydrogen (secondary N) is 1. The standard InChI is InChI=1S/C15H21BrFNO/c1-4-11(5-2)13(16)9-18-15(19)12-8-6-7-10(3)14(12)17/h6-8,11,13H,4-5,9H2,1-3H3,(H,18,19). The molecular formula is C15H21BrFNO. The average molecular weight is 330 g/mol. The third-order valence-electron chi connectivity index (χ3n) is 3.45. The van der Waals surface area contributed by atoms with Crippen LogP contribution in [0.2, 0.25) is 0 Å². The molecule has 0 fully saturated rings. The van der Waals surface area contributed by atoms with E-state index in [1.807, 2.05) is 0 Å². The van der Waals surface area contributed by atoms with Crippen molar-refractivity contribution in [3.05, 3.63) is 35.1 Å². The third-order valence-corrected chi connectivity index (χ3v) is 4.53. The molecule has 1 aromatic rings. The Kier molecular flexibility index (Phi) is 6.49. The molecule has 1 rings (SSSR count). The number of hydrogen-bond donors (Lipinski definition) is 1. The predicted molar refractivity (Wildman–Crippen MR) is 80.3 cm³/mol. The minimum absolute atomic E-state index is 0.115. The second-order valence-corrected chi connectivity index (χ2v) is 5.92. The highest BCUT2D eigenvalue weighted by Gasteiger charge is 2.18. The van der Waals surface area contributed by atoms with Crippen LogP contribution in [0.4, 0.5) is 4.39 Å². The Labute approximate surface area is 122 Å². The van der Waals surface area contributed by atoms with Crippen LogP contribution in [0.25, 0.3) is 0 Å². The first-order chi connectivity index (χ1) is 9.01. The molecule has 0 aliphatic heterocycles. The first kappa shape index (κ1) is 16.2. The van der Waals surface area contributed by atoms with Gasteiger partial charge in [-0.15, -0.1) is 0 Å². The van der Waals surface area contributed by atoms with E-state index in [0.717, 1.165) is 12.8 Å². The topological polar surface area (TPSA) is 29.1 Å². The maximum atomic E-state index is 13.8. The van der Waals surface area contributed by atoms with Crippen LogP contribution in [0.3, 0.4) is 0 Å². The van der Waals surface area contributed by atoms with Crippen LogP contribution in [-0.4, -0.2) is 17.3 Å². The number of rotatable bonds is 6. The van der Waals surface area contributed by atoms with Gasteiger partial charge in [0.1, 0.15) is 5.82 Å². The third kappa shape index (κ3) is 4.30. The van der Waals surface area contributed by atoms with Crippen LogP contribution in [0, 0.1) is 18.7 Å². The molecule has 19 heavy (non-hydrogen) atoms. The molecule has 1 unspecified atom stereocenters. The van der Waals surface area contributed by atoms with E-state index in [1.165, 1.54) is 6.07 Å². The molecule has 0 spiro atoms. The Hall–Kier alpha value is -0.900. The lowest BCUT2D eigenvalue weighted by Crippen LogP contribution is -2.33. The summed E-state index contributed by atoms with van der Waals surface area (Å²) in [5.41, 5.74) is 0.604. The fourth-order valence-electron chi connectivity index (χ4n) is 2.08. The number of amides is 1. The van der Waals surface area contributed by atoms with E-state index in [4.69, 9.17) is 0 Å². The maximum absolute atomic E-state index is 13.8. The van der Waals surface area contributed by atoms with Gasteiger partial charge in [0.05, 0.1) is 5.56 Å². The molecule has 1 N–H and O–H groups in total. The molecule has 0 saturated carbocycles. The first-order valence-corrected chi connectivity index (χ1v) is 7.60.